The topological polar surface area (TPSA) is 87.6 Å². The first-order valence-corrected chi connectivity index (χ1v) is 11.5. The first kappa shape index (κ1) is 23.3. The number of rotatable bonds is 3. The van der Waals surface area contributed by atoms with Gasteiger partial charge in [0.15, 0.2) is 11.5 Å². The third kappa shape index (κ3) is 3.39. The van der Waals surface area contributed by atoms with Crippen LogP contribution in [0.2, 0.25) is 5.02 Å². The standard InChI is InChI=1S/C26H26ClN3O5/c1-26(2)13-35-23(15-8-11-17(31)18(12-15)34-5)22-21-19(24(32)29(4)25(33)28(21)3)20(30(22)26)14-6-9-16(27)10-7-14/h6-12,23,31H,13H2,1-5H3. The van der Waals surface area contributed by atoms with Crippen LogP contribution >= 0.6 is 11.6 Å². The van der Waals surface area contributed by atoms with Crippen molar-refractivity contribution in [3.05, 3.63) is 79.6 Å². The van der Waals surface area contributed by atoms with E-state index in [1.54, 1.807) is 37.4 Å². The van der Waals surface area contributed by atoms with Crippen molar-refractivity contribution in [2.24, 2.45) is 14.1 Å². The highest BCUT2D eigenvalue weighted by atomic mass is 35.5. The summed E-state index contributed by atoms with van der Waals surface area (Å²) in [6, 6.07) is 12.3. The van der Waals surface area contributed by atoms with Gasteiger partial charge < -0.3 is 19.1 Å². The minimum atomic E-state index is -0.612. The van der Waals surface area contributed by atoms with Crippen LogP contribution in [0.5, 0.6) is 11.5 Å². The molecule has 3 heterocycles. The smallest absolute Gasteiger partial charge is 0.331 e. The van der Waals surface area contributed by atoms with Crippen molar-refractivity contribution in [1.29, 1.82) is 0 Å². The number of aromatic nitrogens is 3. The molecule has 8 nitrogen and oxygen atoms in total. The zero-order valence-electron chi connectivity index (χ0n) is 20.1. The van der Waals surface area contributed by atoms with E-state index in [9.17, 15) is 14.7 Å². The maximum atomic E-state index is 13.6. The monoisotopic (exact) mass is 495 g/mol. The number of phenolic OH excluding ortho intramolecular Hbond substituents is 1. The zero-order valence-corrected chi connectivity index (χ0v) is 20.9. The summed E-state index contributed by atoms with van der Waals surface area (Å²) in [5, 5.41) is 11.2. The summed E-state index contributed by atoms with van der Waals surface area (Å²) >= 11 is 6.17. The van der Waals surface area contributed by atoms with Crippen LogP contribution in [0.15, 0.2) is 52.1 Å². The second-order valence-electron chi connectivity index (χ2n) is 9.44. The van der Waals surface area contributed by atoms with Gasteiger partial charge in [0.1, 0.15) is 6.10 Å². The molecule has 5 rings (SSSR count). The highest BCUT2D eigenvalue weighted by Crippen LogP contribution is 2.46. The highest BCUT2D eigenvalue weighted by molar-refractivity contribution is 6.30. The molecular formula is C26H26ClN3O5. The molecule has 0 spiro atoms. The Morgan fingerprint density at radius 3 is 2.43 bits per heavy atom. The second-order valence-corrected chi connectivity index (χ2v) is 9.88. The fourth-order valence-corrected chi connectivity index (χ4v) is 5.12. The van der Waals surface area contributed by atoms with Crippen molar-refractivity contribution in [1.82, 2.24) is 13.7 Å². The first-order chi connectivity index (χ1) is 16.6. The van der Waals surface area contributed by atoms with Gasteiger partial charge in [-0.2, -0.15) is 0 Å². The Kier molecular flexibility index (Phi) is 5.34. The van der Waals surface area contributed by atoms with Crippen LogP contribution in [0.25, 0.3) is 22.2 Å². The minimum Gasteiger partial charge on any atom is -0.504 e. The molecular weight excluding hydrogens is 470 g/mol. The highest BCUT2D eigenvalue weighted by Gasteiger charge is 2.40. The number of halogens is 1. The lowest BCUT2D eigenvalue weighted by Gasteiger charge is -2.39. The van der Waals surface area contributed by atoms with Gasteiger partial charge in [-0.25, -0.2) is 4.79 Å². The van der Waals surface area contributed by atoms with Crippen LogP contribution in [0.3, 0.4) is 0 Å². The molecule has 0 bridgehead atoms. The fourth-order valence-electron chi connectivity index (χ4n) is 4.99. The molecule has 182 valence electrons. The van der Waals surface area contributed by atoms with Gasteiger partial charge in [-0.05, 0) is 49.2 Å². The number of ether oxygens (including phenoxy) is 2. The van der Waals surface area contributed by atoms with Gasteiger partial charge in [0.25, 0.3) is 5.56 Å². The first-order valence-electron chi connectivity index (χ1n) is 11.2. The molecule has 35 heavy (non-hydrogen) atoms. The van der Waals surface area contributed by atoms with Gasteiger partial charge in [0.05, 0.1) is 41.5 Å². The van der Waals surface area contributed by atoms with E-state index >= 15 is 0 Å². The third-order valence-corrected chi connectivity index (χ3v) is 6.94. The van der Waals surface area contributed by atoms with Crippen molar-refractivity contribution < 1.29 is 14.6 Å². The van der Waals surface area contributed by atoms with Crippen molar-refractivity contribution in [3.8, 4) is 22.8 Å². The van der Waals surface area contributed by atoms with E-state index in [0.717, 1.165) is 15.7 Å². The maximum absolute atomic E-state index is 13.6. The van der Waals surface area contributed by atoms with Crippen LogP contribution in [0.4, 0.5) is 0 Å². The molecule has 1 aliphatic rings. The molecule has 2 aromatic carbocycles. The van der Waals surface area contributed by atoms with E-state index in [0.29, 0.717) is 39.7 Å². The van der Waals surface area contributed by atoms with Gasteiger partial charge >= 0.3 is 5.69 Å². The van der Waals surface area contributed by atoms with Gasteiger partial charge in [-0.15, -0.1) is 0 Å². The number of methoxy groups -OCH3 is 1. The Bertz CT molecular complexity index is 1600. The molecule has 9 heteroatoms. The largest absolute Gasteiger partial charge is 0.504 e. The van der Waals surface area contributed by atoms with Crippen LogP contribution in [-0.4, -0.2) is 32.5 Å². The predicted octanol–water partition coefficient (Wildman–Crippen LogP) is 3.93. The molecule has 0 aliphatic carbocycles. The molecule has 1 aliphatic heterocycles. The Balaban J connectivity index is 1.97. The fraction of sp³-hybridized carbons (Fsp3) is 0.308. The van der Waals surface area contributed by atoms with Crippen LogP contribution < -0.4 is 16.0 Å². The number of hydrogen-bond donors (Lipinski definition) is 1. The second kappa shape index (κ2) is 8.03. The lowest BCUT2D eigenvalue weighted by atomic mass is 9.97. The molecule has 1 N–H and O–H groups in total. The summed E-state index contributed by atoms with van der Waals surface area (Å²) < 4.78 is 16.4. The summed E-state index contributed by atoms with van der Waals surface area (Å²) in [7, 11) is 4.62. The van der Waals surface area contributed by atoms with Gasteiger partial charge in [0, 0.05) is 19.1 Å². The molecule has 1 unspecified atom stereocenters. The van der Waals surface area contributed by atoms with Crippen LogP contribution in [0, 0.1) is 0 Å². The molecule has 2 aromatic heterocycles. The number of aryl methyl sites for hydroxylation is 1. The van der Waals surface area contributed by atoms with E-state index in [1.165, 1.54) is 18.7 Å². The van der Waals surface area contributed by atoms with E-state index in [-0.39, 0.29) is 11.3 Å². The van der Waals surface area contributed by atoms with E-state index in [1.807, 2.05) is 26.0 Å². The summed E-state index contributed by atoms with van der Waals surface area (Å²) in [5.41, 5.74) is 2.08. The number of phenols is 1. The summed E-state index contributed by atoms with van der Waals surface area (Å²) in [4.78, 5) is 26.6. The van der Waals surface area contributed by atoms with Gasteiger partial charge in [-0.3, -0.25) is 13.9 Å². The lowest BCUT2D eigenvalue weighted by Crippen LogP contribution is -2.40. The SMILES string of the molecule is COc1cc(C2OCC(C)(C)n3c(-c4ccc(Cl)cc4)c4c(=O)n(C)c(=O)n(C)c4c32)ccc1O. The summed E-state index contributed by atoms with van der Waals surface area (Å²) in [6.07, 6.45) is -0.612. The van der Waals surface area contributed by atoms with Gasteiger partial charge in [0.2, 0.25) is 0 Å². The van der Waals surface area contributed by atoms with Gasteiger partial charge in [-0.1, -0.05) is 29.8 Å². The zero-order chi connectivity index (χ0) is 25.2. The average Bonchev–Trinajstić information content (AvgIpc) is 3.20. The summed E-state index contributed by atoms with van der Waals surface area (Å²) in [6.45, 7) is 4.42. The predicted molar refractivity (Wildman–Crippen MR) is 135 cm³/mol. The van der Waals surface area contributed by atoms with Crippen molar-refractivity contribution in [3.63, 3.8) is 0 Å². The Morgan fingerprint density at radius 2 is 1.77 bits per heavy atom. The molecule has 0 radical (unpaired) electrons. The number of benzene rings is 2. The number of aromatic hydroxyl groups is 1. The maximum Gasteiger partial charge on any atom is 0.331 e. The molecule has 0 fully saturated rings. The number of hydrogen-bond acceptors (Lipinski definition) is 5. The van der Waals surface area contributed by atoms with Crippen molar-refractivity contribution >= 4 is 22.5 Å². The molecule has 0 saturated carbocycles. The molecule has 4 aromatic rings. The number of fused-ring (bicyclic) bond motifs is 3. The van der Waals surface area contributed by atoms with E-state index in [4.69, 9.17) is 21.1 Å². The normalized spacial score (nSPS) is 16.9. The van der Waals surface area contributed by atoms with E-state index in [2.05, 4.69) is 4.57 Å². The van der Waals surface area contributed by atoms with Crippen molar-refractivity contribution in [2.75, 3.05) is 13.7 Å². The Labute approximate surface area is 206 Å². The van der Waals surface area contributed by atoms with Crippen LogP contribution in [-0.2, 0) is 24.4 Å². The van der Waals surface area contributed by atoms with Crippen LogP contribution in [0.1, 0.15) is 31.2 Å². The average molecular weight is 496 g/mol. The van der Waals surface area contributed by atoms with E-state index < -0.39 is 17.3 Å². The molecule has 0 amide bonds. The van der Waals surface area contributed by atoms with Crippen molar-refractivity contribution in [2.45, 2.75) is 25.5 Å². The molecule has 0 saturated heterocycles. The summed E-state index contributed by atoms with van der Waals surface area (Å²) in [5.74, 6) is 0.317. The molecule has 1 atom stereocenters. The Hall–Kier alpha value is -3.49. The third-order valence-electron chi connectivity index (χ3n) is 6.69. The number of nitrogens with zero attached hydrogens (tertiary/aromatic N) is 3. The quantitative estimate of drug-likeness (QED) is 0.465. The lowest BCUT2D eigenvalue weighted by molar-refractivity contribution is -0.00716. The minimum absolute atomic E-state index is 0.00996. The Morgan fingerprint density at radius 1 is 1.09 bits per heavy atom.